The molecule has 0 aliphatic carbocycles. The van der Waals surface area contributed by atoms with E-state index in [1.807, 2.05) is 6.92 Å². The molecule has 5 heteroatoms. The van der Waals surface area contributed by atoms with E-state index in [2.05, 4.69) is 65.7 Å². The summed E-state index contributed by atoms with van der Waals surface area (Å²) < 4.78 is 0. The molecule has 0 amide bonds. The summed E-state index contributed by atoms with van der Waals surface area (Å²) in [5, 5.41) is 3.28. The molecule has 0 unspecified atom stereocenters. The Bertz CT molecular complexity index is 584. The average Bonchev–Trinajstić information content (AvgIpc) is 2.41. The molecule has 0 atom stereocenters. The third-order valence-electron chi connectivity index (χ3n) is 3.23. The van der Waals surface area contributed by atoms with E-state index in [4.69, 9.17) is 5.84 Å². The Labute approximate surface area is 119 Å². The predicted octanol–water partition coefficient (Wildman–Crippen LogP) is 3.11. The van der Waals surface area contributed by atoms with E-state index in [9.17, 15) is 0 Å². The first-order chi connectivity index (χ1) is 9.41. The van der Waals surface area contributed by atoms with Gasteiger partial charge in [0, 0.05) is 11.3 Å². The Balaban J connectivity index is 2.23. The molecule has 0 spiro atoms. The number of anilines is 3. The average molecular weight is 271 g/mol. The Kier molecular flexibility index (Phi) is 3.90. The first kappa shape index (κ1) is 14.3. The van der Waals surface area contributed by atoms with E-state index in [0.29, 0.717) is 5.82 Å². The molecule has 0 saturated heterocycles. The molecular formula is C15H21N5. The van der Waals surface area contributed by atoms with Crippen LogP contribution in [-0.2, 0) is 5.41 Å². The zero-order valence-electron chi connectivity index (χ0n) is 12.4. The summed E-state index contributed by atoms with van der Waals surface area (Å²) in [5.74, 6) is 6.78. The van der Waals surface area contributed by atoms with Crippen LogP contribution in [0.5, 0.6) is 0 Å². The summed E-state index contributed by atoms with van der Waals surface area (Å²) in [6, 6.07) is 8.36. The van der Waals surface area contributed by atoms with Crippen LogP contribution >= 0.6 is 0 Å². The fourth-order valence-electron chi connectivity index (χ4n) is 1.91. The minimum atomic E-state index is 0.153. The minimum absolute atomic E-state index is 0.153. The second-order valence-corrected chi connectivity index (χ2v) is 5.79. The SMILES string of the molecule is Cc1c(NN)ncnc1Nc1ccc(C(C)(C)C)cc1. The van der Waals surface area contributed by atoms with Gasteiger partial charge in [0.25, 0.3) is 0 Å². The normalized spacial score (nSPS) is 11.2. The summed E-state index contributed by atoms with van der Waals surface area (Å²) in [7, 11) is 0. The highest BCUT2D eigenvalue weighted by molar-refractivity contribution is 5.64. The van der Waals surface area contributed by atoms with E-state index < -0.39 is 0 Å². The molecule has 5 nitrogen and oxygen atoms in total. The fraction of sp³-hybridized carbons (Fsp3) is 0.333. The van der Waals surface area contributed by atoms with Gasteiger partial charge in [-0.05, 0) is 30.0 Å². The van der Waals surface area contributed by atoms with Crippen LogP contribution in [0, 0.1) is 6.92 Å². The molecule has 106 valence electrons. The van der Waals surface area contributed by atoms with Crippen LogP contribution in [0.2, 0.25) is 0 Å². The number of nitrogens with two attached hydrogens (primary N) is 1. The van der Waals surface area contributed by atoms with Gasteiger partial charge >= 0.3 is 0 Å². The van der Waals surface area contributed by atoms with Gasteiger partial charge in [0.2, 0.25) is 0 Å². The van der Waals surface area contributed by atoms with Gasteiger partial charge in [0.05, 0.1) is 0 Å². The quantitative estimate of drug-likeness (QED) is 0.590. The second-order valence-electron chi connectivity index (χ2n) is 5.79. The van der Waals surface area contributed by atoms with E-state index in [1.54, 1.807) is 0 Å². The summed E-state index contributed by atoms with van der Waals surface area (Å²) in [5.41, 5.74) is 5.88. The van der Waals surface area contributed by atoms with E-state index in [0.717, 1.165) is 17.1 Å². The molecule has 4 N–H and O–H groups in total. The third-order valence-corrected chi connectivity index (χ3v) is 3.23. The summed E-state index contributed by atoms with van der Waals surface area (Å²) in [4.78, 5) is 8.29. The van der Waals surface area contributed by atoms with Crippen molar-refractivity contribution >= 4 is 17.3 Å². The fourth-order valence-corrected chi connectivity index (χ4v) is 1.91. The molecule has 1 aromatic carbocycles. The lowest BCUT2D eigenvalue weighted by molar-refractivity contribution is 0.590. The molecule has 0 bridgehead atoms. The molecule has 2 rings (SSSR count). The molecule has 1 aromatic heterocycles. The number of nitrogens with zero attached hydrogens (tertiary/aromatic N) is 2. The van der Waals surface area contributed by atoms with Gasteiger partial charge in [-0.2, -0.15) is 0 Å². The van der Waals surface area contributed by atoms with Crippen LogP contribution in [0.4, 0.5) is 17.3 Å². The lowest BCUT2D eigenvalue weighted by Crippen LogP contribution is -2.12. The second kappa shape index (κ2) is 5.46. The number of hydrogen-bond acceptors (Lipinski definition) is 5. The number of benzene rings is 1. The lowest BCUT2D eigenvalue weighted by atomic mass is 9.87. The number of hydrazine groups is 1. The van der Waals surface area contributed by atoms with Crippen molar-refractivity contribution in [2.45, 2.75) is 33.1 Å². The summed E-state index contributed by atoms with van der Waals surface area (Å²) >= 11 is 0. The Morgan fingerprint density at radius 1 is 1.00 bits per heavy atom. The van der Waals surface area contributed by atoms with Crippen LogP contribution in [0.3, 0.4) is 0 Å². The van der Waals surface area contributed by atoms with Gasteiger partial charge in [-0.3, -0.25) is 0 Å². The zero-order valence-corrected chi connectivity index (χ0v) is 12.4. The van der Waals surface area contributed by atoms with E-state index in [-0.39, 0.29) is 5.41 Å². The van der Waals surface area contributed by atoms with Crippen molar-refractivity contribution in [3.05, 3.63) is 41.7 Å². The highest BCUT2D eigenvalue weighted by Crippen LogP contribution is 2.26. The van der Waals surface area contributed by atoms with Gasteiger partial charge in [-0.15, -0.1) is 0 Å². The standard InChI is InChI=1S/C15H21N5/c1-10-13(17-9-18-14(10)20-16)19-12-7-5-11(6-8-12)15(2,3)4/h5-9H,16H2,1-4H3,(H2,17,18,19,20). The maximum Gasteiger partial charge on any atom is 0.148 e. The van der Waals surface area contributed by atoms with E-state index >= 15 is 0 Å². The molecule has 0 aliphatic heterocycles. The van der Waals surface area contributed by atoms with Crippen LogP contribution in [0.15, 0.2) is 30.6 Å². The number of rotatable bonds is 3. The summed E-state index contributed by atoms with van der Waals surface area (Å²) in [6.45, 7) is 8.51. The highest BCUT2D eigenvalue weighted by atomic mass is 15.3. The molecule has 0 aliphatic rings. The van der Waals surface area contributed by atoms with Crippen molar-refractivity contribution in [1.82, 2.24) is 9.97 Å². The first-order valence-corrected chi connectivity index (χ1v) is 6.57. The maximum atomic E-state index is 5.41. The Morgan fingerprint density at radius 2 is 1.60 bits per heavy atom. The van der Waals surface area contributed by atoms with Crippen LogP contribution in [0.1, 0.15) is 31.9 Å². The van der Waals surface area contributed by atoms with Gasteiger partial charge in [-0.25, -0.2) is 15.8 Å². The van der Waals surface area contributed by atoms with Crippen molar-refractivity contribution in [2.75, 3.05) is 10.7 Å². The van der Waals surface area contributed by atoms with Gasteiger partial charge in [0.1, 0.15) is 18.0 Å². The smallest absolute Gasteiger partial charge is 0.148 e. The van der Waals surface area contributed by atoms with Crippen molar-refractivity contribution in [1.29, 1.82) is 0 Å². The molecular weight excluding hydrogens is 250 g/mol. The highest BCUT2D eigenvalue weighted by Gasteiger charge is 2.13. The van der Waals surface area contributed by atoms with Gasteiger partial charge in [0.15, 0.2) is 0 Å². The van der Waals surface area contributed by atoms with Crippen LogP contribution in [0.25, 0.3) is 0 Å². The third kappa shape index (κ3) is 3.05. The van der Waals surface area contributed by atoms with E-state index in [1.165, 1.54) is 11.9 Å². The molecule has 0 fully saturated rings. The maximum absolute atomic E-state index is 5.41. The molecule has 0 radical (unpaired) electrons. The predicted molar refractivity (Wildman–Crippen MR) is 83.0 cm³/mol. The Morgan fingerprint density at radius 3 is 2.15 bits per heavy atom. The van der Waals surface area contributed by atoms with Gasteiger partial charge < -0.3 is 10.7 Å². The number of hydrogen-bond donors (Lipinski definition) is 3. The van der Waals surface area contributed by atoms with Crippen molar-refractivity contribution in [2.24, 2.45) is 5.84 Å². The lowest BCUT2D eigenvalue weighted by Gasteiger charge is -2.19. The van der Waals surface area contributed by atoms with Crippen LogP contribution < -0.4 is 16.6 Å². The molecule has 1 heterocycles. The molecule has 0 saturated carbocycles. The first-order valence-electron chi connectivity index (χ1n) is 6.57. The van der Waals surface area contributed by atoms with Crippen molar-refractivity contribution in [3.8, 4) is 0 Å². The van der Waals surface area contributed by atoms with Gasteiger partial charge in [-0.1, -0.05) is 32.9 Å². The van der Waals surface area contributed by atoms with Crippen LogP contribution in [-0.4, -0.2) is 9.97 Å². The number of nitrogens with one attached hydrogen (secondary N) is 2. The largest absolute Gasteiger partial charge is 0.340 e. The van der Waals surface area contributed by atoms with Crippen molar-refractivity contribution in [3.63, 3.8) is 0 Å². The number of nitrogen functional groups attached to an aromatic ring is 1. The molecule has 2 aromatic rings. The number of aromatic nitrogens is 2. The summed E-state index contributed by atoms with van der Waals surface area (Å²) in [6.07, 6.45) is 1.48. The molecule has 20 heavy (non-hydrogen) atoms. The minimum Gasteiger partial charge on any atom is -0.340 e. The van der Waals surface area contributed by atoms with Crippen molar-refractivity contribution < 1.29 is 0 Å². The zero-order chi connectivity index (χ0) is 14.8. The topological polar surface area (TPSA) is 75.9 Å². The Hall–Kier alpha value is -2.14. The monoisotopic (exact) mass is 271 g/mol.